The van der Waals surface area contributed by atoms with E-state index in [2.05, 4.69) is 24.3 Å². The second-order valence-corrected chi connectivity index (χ2v) is 7.42. The lowest BCUT2D eigenvalue weighted by atomic mass is 10.0. The van der Waals surface area contributed by atoms with Gasteiger partial charge in [0, 0.05) is 24.2 Å². The molecule has 26 heavy (non-hydrogen) atoms. The molecule has 0 spiro atoms. The fourth-order valence-corrected chi connectivity index (χ4v) is 3.11. The van der Waals surface area contributed by atoms with Crippen LogP contribution in [0.1, 0.15) is 59.6 Å². The molecule has 1 N–H and O–H groups in total. The number of hydrogen-bond acceptors (Lipinski definition) is 3. The minimum Gasteiger partial charge on any atom is -0.326 e. The fourth-order valence-electron chi connectivity index (χ4n) is 3.11. The van der Waals surface area contributed by atoms with Crippen LogP contribution >= 0.6 is 0 Å². The third-order valence-electron chi connectivity index (χ3n) is 4.51. The van der Waals surface area contributed by atoms with Gasteiger partial charge < -0.3 is 5.32 Å². The SMILES string of the molecule is Cc1ccc(NC(=O)CCC(=O)n2nc(C)c(CC(C)C)c2C)c(C)c1. The van der Waals surface area contributed by atoms with Crippen LogP contribution in [0.3, 0.4) is 0 Å². The maximum absolute atomic E-state index is 12.5. The summed E-state index contributed by atoms with van der Waals surface area (Å²) in [5.74, 6) is 0.203. The van der Waals surface area contributed by atoms with Crippen LogP contribution in [0.2, 0.25) is 0 Å². The molecule has 0 aliphatic rings. The Labute approximate surface area is 155 Å². The molecule has 1 heterocycles. The van der Waals surface area contributed by atoms with E-state index in [0.717, 1.165) is 40.2 Å². The maximum Gasteiger partial charge on any atom is 0.247 e. The van der Waals surface area contributed by atoms with Crippen molar-refractivity contribution in [1.82, 2.24) is 9.78 Å². The van der Waals surface area contributed by atoms with E-state index < -0.39 is 0 Å². The summed E-state index contributed by atoms with van der Waals surface area (Å²) >= 11 is 0. The van der Waals surface area contributed by atoms with E-state index in [0.29, 0.717) is 5.92 Å². The van der Waals surface area contributed by atoms with Gasteiger partial charge in [0.15, 0.2) is 0 Å². The number of benzene rings is 1. The van der Waals surface area contributed by atoms with Gasteiger partial charge in [-0.3, -0.25) is 9.59 Å². The molecule has 0 radical (unpaired) electrons. The summed E-state index contributed by atoms with van der Waals surface area (Å²) in [6.45, 7) is 12.1. The first-order valence-electron chi connectivity index (χ1n) is 9.14. The van der Waals surface area contributed by atoms with E-state index in [1.165, 1.54) is 4.68 Å². The van der Waals surface area contributed by atoms with Gasteiger partial charge in [-0.1, -0.05) is 31.5 Å². The number of carbonyl (C=O) groups excluding carboxylic acids is 2. The summed E-state index contributed by atoms with van der Waals surface area (Å²) in [7, 11) is 0. The van der Waals surface area contributed by atoms with Crippen LogP contribution in [-0.4, -0.2) is 21.6 Å². The molecule has 0 aliphatic heterocycles. The smallest absolute Gasteiger partial charge is 0.247 e. The molecular weight excluding hydrogens is 326 g/mol. The van der Waals surface area contributed by atoms with E-state index >= 15 is 0 Å². The highest BCUT2D eigenvalue weighted by Crippen LogP contribution is 2.19. The van der Waals surface area contributed by atoms with Crippen LogP contribution in [0.4, 0.5) is 5.69 Å². The van der Waals surface area contributed by atoms with Crippen molar-refractivity contribution in [3.63, 3.8) is 0 Å². The molecule has 5 heteroatoms. The zero-order valence-corrected chi connectivity index (χ0v) is 16.6. The van der Waals surface area contributed by atoms with Crippen molar-refractivity contribution in [1.29, 1.82) is 0 Å². The van der Waals surface area contributed by atoms with Gasteiger partial charge in [-0.05, 0) is 57.2 Å². The first-order chi connectivity index (χ1) is 12.2. The lowest BCUT2D eigenvalue weighted by Gasteiger charge is -2.09. The van der Waals surface area contributed by atoms with Gasteiger partial charge in [-0.2, -0.15) is 5.10 Å². The zero-order valence-electron chi connectivity index (χ0n) is 16.6. The maximum atomic E-state index is 12.5. The third kappa shape index (κ3) is 4.81. The van der Waals surface area contributed by atoms with Gasteiger partial charge >= 0.3 is 0 Å². The summed E-state index contributed by atoms with van der Waals surface area (Å²) in [5.41, 5.74) is 5.87. The summed E-state index contributed by atoms with van der Waals surface area (Å²) in [5, 5.41) is 7.27. The summed E-state index contributed by atoms with van der Waals surface area (Å²) in [6, 6.07) is 5.87. The van der Waals surface area contributed by atoms with Crippen molar-refractivity contribution >= 4 is 17.5 Å². The predicted molar refractivity (Wildman–Crippen MR) is 105 cm³/mol. The monoisotopic (exact) mass is 355 g/mol. The van der Waals surface area contributed by atoms with Crippen molar-refractivity contribution in [3.8, 4) is 0 Å². The molecular formula is C21H29N3O2. The topological polar surface area (TPSA) is 64.0 Å². The summed E-state index contributed by atoms with van der Waals surface area (Å²) in [6.07, 6.45) is 1.18. The Balaban J connectivity index is 1.99. The number of nitrogens with zero attached hydrogens (tertiary/aromatic N) is 2. The van der Waals surface area contributed by atoms with Crippen LogP contribution in [0.25, 0.3) is 0 Å². The molecule has 0 saturated heterocycles. The Morgan fingerprint density at radius 1 is 1.12 bits per heavy atom. The molecule has 5 nitrogen and oxygen atoms in total. The molecule has 0 unspecified atom stereocenters. The van der Waals surface area contributed by atoms with Crippen LogP contribution in [-0.2, 0) is 11.2 Å². The number of hydrogen-bond donors (Lipinski definition) is 1. The van der Waals surface area contributed by atoms with Gasteiger partial charge in [0.25, 0.3) is 0 Å². The molecule has 0 bridgehead atoms. The predicted octanol–water partition coefficient (Wildman–Crippen LogP) is 4.37. The van der Waals surface area contributed by atoms with Crippen molar-refractivity contribution < 1.29 is 9.59 Å². The number of nitrogens with one attached hydrogen (secondary N) is 1. The average Bonchev–Trinajstić information content (AvgIpc) is 2.83. The molecule has 0 aliphatic carbocycles. The van der Waals surface area contributed by atoms with Crippen molar-refractivity contribution in [2.45, 2.75) is 60.8 Å². The number of carbonyl (C=O) groups is 2. The lowest BCUT2D eigenvalue weighted by Crippen LogP contribution is -2.19. The van der Waals surface area contributed by atoms with Gasteiger partial charge in [0.1, 0.15) is 0 Å². The number of rotatable bonds is 6. The Bertz CT molecular complexity index is 819. The van der Waals surface area contributed by atoms with E-state index in [9.17, 15) is 9.59 Å². The van der Waals surface area contributed by atoms with Crippen LogP contribution in [0, 0.1) is 33.6 Å². The number of aryl methyl sites for hydroxylation is 3. The van der Waals surface area contributed by atoms with E-state index in [1.807, 2.05) is 45.9 Å². The normalized spacial score (nSPS) is 11.0. The molecule has 0 fully saturated rings. The molecule has 1 amide bonds. The van der Waals surface area contributed by atoms with Crippen molar-refractivity contribution in [2.75, 3.05) is 5.32 Å². The fraction of sp³-hybridized carbons (Fsp3) is 0.476. The molecule has 1 aromatic heterocycles. The van der Waals surface area contributed by atoms with E-state index in [4.69, 9.17) is 0 Å². The van der Waals surface area contributed by atoms with Crippen LogP contribution < -0.4 is 5.32 Å². The summed E-state index contributed by atoms with van der Waals surface area (Å²) < 4.78 is 1.46. The largest absolute Gasteiger partial charge is 0.326 e. The molecule has 1 aromatic carbocycles. The highest BCUT2D eigenvalue weighted by Gasteiger charge is 2.18. The Kier molecular flexibility index (Phi) is 6.35. The van der Waals surface area contributed by atoms with Gasteiger partial charge in [-0.25, -0.2) is 4.68 Å². The minimum absolute atomic E-state index is 0.139. The van der Waals surface area contributed by atoms with Gasteiger partial charge in [0.2, 0.25) is 11.8 Å². The van der Waals surface area contributed by atoms with Crippen LogP contribution in [0.15, 0.2) is 18.2 Å². The summed E-state index contributed by atoms with van der Waals surface area (Å²) in [4.78, 5) is 24.7. The number of anilines is 1. The Hall–Kier alpha value is -2.43. The lowest BCUT2D eigenvalue weighted by molar-refractivity contribution is -0.116. The second kappa shape index (κ2) is 8.30. The van der Waals surface area contributed by atoms with Gasteiger partial charge in [-0.15, -0.1) is 0 Å². The second-order valence-electron chi connectivity index (χ2n) is 7.42. The highest BCUT2D eigenvalue weighted by atomic mass is 16.2. The minimum atomic E-state index is -0.158. The Morgan fingerprint density at radius 2 is 1.81 bits per heavy atom. The zero-order chi connectivity index (χ0) is 19.4. The number of amides is 1. The van der Waals surface area contributed by atoms with E-state index in [-0.39, 0.29) is 24.7 Å². The molecule has 2 aromatic rings. The quantitative estimate of drug-likeness (QED) is 0.836. The Morgan fingerprint density at radius 3 is 2.42 bits per heavy atom. The first kappa shape index (κ1) is 19.9. The van der Waals surface area contributed by atoms with Gasteiger partial charge in [0.05, 0.1) is 5.69 Å². The first-order valence-corrected chi connectivity index (χ1v) is 9.14. The standard InChI is InChI=1S/C21H29N3O2/c1-13(2)11-18-16(5)23-24(17(18)6)21(26)10-9-20(25)22-19-8-7-14(3)12-15(19)4/h7-8,12-13H,9-11H2,1-6H3,(H,22,25). The molecule has 0 saturated carbocycles. The van der Waals surface area contributed by atoms with Crippen molar-refractivity contribution in [3.05, 3.63) is 46.3 Å². The molecule has 2 rings (SSSR count). The highest BCUT2D eigenvalue weighted by molar-refractivity contribution is 5.94. The third-order valence-corrected chi connectivity index (χ3v) is 4.51. The average molecular weight is 355 g/mol. The van der Waals surface area contributed by atoms with Crippen LogP contribution in [0.5, 0.6) is 0 Å². The molecule has 0 atom stereocenters. The number of aromatic nitrogens is 2. The van der Waals surface area contributed by atoms with Crippen molar-refractivity contribution in [2.24, 2.45) is 5.92 Å². The van der Waals surface area contributed by atoms with E-state index in [1.54, 1.807) is 0 Å². The molecule has 140 valence electrons.